The van der Waals surface area contributed by atoms with Gasteiger partial charge in [-0.2, -0.15) is 0 Å². The molecule has 0 radical (unpaired) electrons. The van der Waals surface area contributed by atoms with Gasteiger partial charge in [0.15, 0.2) is 0 Å². The van der Waals surface area contributed by atoms with Crippen LogP contribution in [0.15, 0.2) is 54.6 Å². The average molecular weight is 408 g/mol. The Morgan fingerprint density at radius 3 is 2.67 bits per heavy atom. The van der Waals surface area contributed by atoms with Crippen LogP contribution in [0.2, 0.25) is 0 Å². The minimum absolute atomic E-state index is 0.0220. The quantitative estimate of drug-likeness (QED) is 0.736. The van der Waals surface area contributed by atoms with E-state index in [1.807, 2.05) is 48.5 Å². The van der Waals surface area contributed by atoms with Gasteiger partial charge in [-0.15, -0.1) is 0 Å². The van der Waals surface area contributed by atoms with E-state index in [4.69, 9.17) is 14.2 Å². The average Bonchev–Trinajstić information content (AvgIpc) is 2.73. The van der Waals surface area contributed by atoms with Crippen molar-refractivity contribution in [1.29, 1.82) is 0 Å². The van der Waals surface area contributed by atoms with Gasteiger partial charge in [0.2, 0.25) is 0 Å². The summed E-state index contributed by atoms with van der Waals surface area (Å²) in [6.45, 7) is 7.66. The molecule has 2 aromatic rings. The van der Waals surface area contributed by atoms with E-state index in [0.29, 0.717) is 25.0 Å². The summed E-state index contributed by atoms with van der Waals surface area (Å²) in [4.78, 5) is 12.4. The molecule has 2 heterocycles. The van der Waals surface area contributed by atoms with Crippen molar-refractivity contribution in [2.75, 3.05) is 18.5 Å². The summed E-state index contributed by atoms with van der Waals surface area (Å²) in [5.41, 5.74) is 1.37. The second-order valence-corrected chi connectivity index (χ2v) is 9.40. The van der Waals surface area contributed by atoms with Crippen molar-refractivity contribution < 1.29 is 19.0 Å². The molecule has 158 valence electrons. The lowest BCUT2D eigenvalue weighted by Crippen LogP contribution is -2.66. The number of hydrogen-bond donors (Lipinski definition) is 1. The minimum Gasteiger partial charge on any atom is -0.487 e. The predicted octanol–water partition coefficient (Wildman–Crippen LogP) is 5.44. The molecule has 3 aliphatic rings. The van der Waals surface area contributed by atoms with Crippen molar-refractivity contribution >= 4 is 11.8 Å². The van der Waals surface area contributed by atoms with Crippen LogP contribution >= 0.6 is 0 Å². The van der Waals surface area contributed by atoms with Crippen LogP contribution in [0.4, 0.5) is 10.5 Å². The number of ether oxygens (including phenoxy) is 3. The summed E-state index contributed by atoms with van der Waals surface area (Å²) >= 11 is 0. The summed E-state index contributed by atoms with van der Waals surface area (Å²) < 4.78 is 18.8. The van der Waals surface area contributed by atoms with Crippen LogP contribution in [0.1, 0.15) is 38.9 Å². The Morgan fingerprint density at radius 1 is 1.13 bits per heavy atom. The van der Waals surface area contributed by atoms with Crippen LogP contribution in [0.5, 0.6) is 5.75 Å². The van der Waals surface area contributed by atoms with Gasteiger partial charge in [-0.3, -0.25) is 5.32 Å². The van der Waals surface area contributed by atoms with Gasteiger partial charge in [0.1, 0.15) is 18.0 Å². The fourth-order valence-corrected chi connectivity index (χ4v) is 6.13. The van der Waals surface area contributed by atoms with Crippen molar-refractivity contribution in [1.82, 2.24) is 0 Å². The van der Waals surface area contributed by atoms with Crippen LogP contribution in [-0.4, -0.2) is 24.9 Å². The number of rotatable bonds is 3. The van der Waals surface area contributed by atoms with Crippen molar-refractivity contribution in [2.45, 2.75) is 38.9 Å². The topological polar surface area (TPSA) is 56.8 Å². The van der Waals surface area contributed by atoms with Gasteiger partial charge in [-0.1, -0.05) is 50.2 Å². The van der Waals surface area contributed by atoms with Gasteiger partial charge in [0.25, 0.3) is 0 Å². The molecular weight excluding hydrogens is 378 g/mol. The zero-order chi connectivity index (χ0) is 20.9. The van der Waals surface area contributed by atoms with Crippen molar-refractivity contribution in [3.8, 4) is 5.75 Å². The van der Waals surface area contributed by atoms with Crippen molar-refractivity contribution in [2.24, 2.45) is 23.2 Å². The molecule has 1 saturated heterocycles. The van der Waals surface area contributed by atoms with Crippen molar-refractivity contribution in [3.63, 3.8) is 0 Å². The first-order chi connectivity index (χ1) is 14.4. The Hall–Kier alpha value is -2.53. The second kappa shape index (κ2) is 7.02. The van der Waals surface area contributed by atoms with E-state index in [1.54, 1.807) is 0 Å². The van der Waals surface area contributed by atoms with Gasteiger partial charge in [0.05, 0.1) is 12.7 Å². The number of fused-ring (bicyclic) bond motifs is 3. The van der Waals surface area contributed by atoms with Crippen LogP contribution in [0.3, 0.4) is 0 Å². The Balaban J connectivity index is 1.38. The van der Waals surface area contributed by atoms with Gasteiger partial charge in [-0.05, 0) is 43.4 Å². The standard InChI is InChI=1S/C25H29NO4/c1-16-13-24(3)21-17(2)25(16,15-29-23(27)26-18-9-5-4-6-10-18)14-28-22(21)19-11-7-8-12-20(19)30-24/h4-12,16-17,21-22H,13-15H2,1-3H3,(H,26,27)/t16-,17+,21+,22+,24+,25+/m1/s1. The lowest BCUT2D eigenvalue weighted by molar-refractivity contribution is -0.259. The number of anilines is 1. The minimum atomic E-state index is -0.421. The Morgan fingerprint density at radius 2 is 1.87 bits per heavy atom. The number of nitrogens with one attached hydrogen (secondary N) is 1. The van der Waals surface area contributed by atoms with E-state index in [9.17, 15) is 4.79 Å². The summed E-state index contributed by atoms with van der Waals surface area (Å²) in [5.74, 6) is 1.75. The van der Waals surface area contributed by atoms with Gasteiger partial charge in [-0.25, -0.2) is 4.79 Å². The SMILES string of the molecule is C[C@@H]1C[C@]2(C)Oc3ccccc3[C@@H]3OC[C@@]1(COC(=O)Nc1ccccc1)[C@@H](C)[C@@H]32. The summed E-state index contributed by atoms with van der Waals surface area (Å²) in [5, 5.41) is 2.82. The van der Waals surface area contributed by atoms with E-state index in [-0.39, 0.29) is 23.0 Å². The molecule has 2 aromatic carbocycles. The Kier molecular flexibility index (Phi) is 4.55. The zero-order valence-corrected chi connectivity index (χ0v) is 17.8. The molecule has 2 aliphatic heterocycles. The van der Waals surface area contributed by atoms with E-state index in [0.717, 1.165) is 23.4 Å². The van der Waals surface area contributed by atoms with Crippen LogP contribution < -0.4 is 10.1 Å². The maximum atomic E-state index is 12.4. The molecule has 5 nitrogen and oxygen atoms in total. The Bertz CT molecular complexity index is 947. The Labute approximate surface area is 177 Å². The number of carbonyl (C=O) groups excluding carboxylic acids is 1. The molecule has 5 rings (SSSR count). The zero-order valence-electron chi connectivity index (χ0n) is 17.8. The smallest absolute Gasteiger partial charge is 0.411 e. The number of amides is 1. The number of benzene rings is 2. The molecule has 1 saturated carbocycles. The predicted molar refractivity (Wildman–Crippen MR) is 114 cm³/mol. The van der Waals surface area contributed by atoms with Gasteiger partial charge in [0, 0.05) is 22.6 Å². The van der Waals surface area contributed by atoms with Crippen LogP contribution in [0.25, 0.3) is 0 Å². The maximum absolute atomic E-state index is 12.4. The molecule has 1 amide bonds. The molecule has 1 aliphatic carbocycles. The molecule has 0 unspecified atom stereocenters. The molecule has 30 heavy (non-hydrogen) atoms. The third-order valence-electron chi connectivity index (χ3n) is 7.76. The molecule has 0 aromatic heterocycles. The normalized spacial score (nSPS) is 36.2. The lowest BCUT2D eigenvalue weighted by atomic mass is 9.50. The summed E-state index contributed by atoms with van der Waals surface area (Å²) in [6, 6.07) is 17.6. The third-order valence-corrected chi connectivity index (χ3v) is 7.76. The van der Waals surface area contributed by atoms with Crippen LogP contribution in [0, 0.1) is 23.2 Å². The van der Waals surface area contributed by atoms with E-state index in [2.05, 4.69) is 32.2 Å². The molecule has 2 bridgehead atoms. The first-order valence-electron chi connectivity index (χ1n) is 10.8. The van der Waals surface area contributed by atoms with E-state index < -0.39 is 6.09 Å². The first-order valence-corrected chi connectivity index (χ1v) is 10.8. The highest BCUT2D eigenvalue weighted by atomic mass is 16.6. The highest BCUT2D eigenvalue weighted by Crippen LogP contribution is 2.63. The molecule has 1 N–H and O–H groups in total. The van der Waals surface area contributed by atoms with Gasteiger partial charge >= 0.3 is 6.09 Å². The number of carbonyl (C=O) groups is 1. The van der Waals surface area contributed by atoms with Crippen LogP contribution in [-0.2, 0) is 9.47 Å². The molecule has 2 fully saturated rings. The van der Waals surface area contributed by atoms with Crippen molar-refractivity contribution in [3.05, 3.63) is 60.2 Å². The summed E-state index contributed by atoms with van der Waals surface area (Å²) in [7, 11) is 0. The molecule has 0 spiro atoms. The number of para-hydroxylation sites is 2. The second-order valence-electron chi connectivity index (χ2n) is 9.40. The van der Waals surface area contributed by atoms with E-state index >= 15 is 0 Å². The fourth-order valence-electron chi connectivity index (χ4n) is 6.13. The van der Waals surface area contributed by atoms with Gasteiger partial charge < -0.3 is 14.2 Å². The van der Waals surface area contributed by atoms with E-state index in [1.165, 1.54) is 0 Å². The first kappa shape index (κ1) is 19.4. The third kappa shape index (κ3) is 2.90. The summed E-state index contributed by atoms with van der Waals surface area (Å²) in [6.07, 6.45) is 0.518. The monoisotopic (exact) mass is 407 g/mol. The lowest BCUT2D eigenvalue weighted by Gasteiger charge is -2.63. The highest BCUT2D eigenvalue weighted by molar-refractivity contribution is 5.84. The molecule has 5 heteroatoms. The maximum Gasteiger partial charge on any atom is 0.411 e. The molecule has 6 atom stereocenters. The largest absolute Gasteiger partial charge is 0.487 e. The highest BCUT2D eigenvalue weighted by Gasteiger charge is 2.64. The molecular formula is C25H29NO4. The number of hydrogen-bond acceptors (Lipinski definition) is 4. The fraction of sp³-hybridized carbons (Fsp3) is 0.480.